The van der Waals surface area contributed by atoms with Gasteiger partial charge in [-0.1, -0.05) is 30.0 Å². The lowest BCUT2D eigenvalue weighted by Gasteiger charge is -2.01. The van der Waals surface area contributed by atoms with Crippen LogP contribution in [0.25, 0.3) is 0 Å². The first-order valence-corrected chi connectivity index (χ1v) is 9.20. The lowest BCUT2D eigenvalue weighted by molar-refractivity contribution is -0.118. The Balaban J connectivity index is 1.76. The van der Waals surface area contributed by atoms with Crippen molar-refractivity contribution < 1.29 is 9.59 Å². The van der Waals surface area contributed by atoms with E-state index in [1.54, 1.807) is 6.07 Å². The standard InChI is InChI=1S/C12H15N5O2S3/c1-2-5-13-8(18)7-21-12-17-16-11(22-12)15-10(19)14-9-4-3-6-20-9/h3-4,6H,2,5,7H2,1H3,(H,13,18)(H2,14,15,16,19). The molecule has 3 amide bonds. The van der Waals surface area contributed by atoms with Crippen molar-refractivity contribution in [1.29, 1.82) is 0 Å². The lowest BCUT2D eigenvalue weighted by atomic mass is 10.5. The van der Waals surface area contributed by atoms with Crippen LogP contribution in [-0.4, -0.2) is 34.4 Å². The lowest BCUT2D eigenvalue weighted by Crippen LogP contribution is -2.25. The van der Waals surface area contributed by atoms with Gasteiger partial charge in [0.15, 0.2) is 4.34 Å². The molecule has 0 bridgehead atoms. The van der Waals surface area contributed by atoms with E-state index in [0.29, 0.717) is 16.0 Å². The highest BCUT2D eigenvalue weighted by atomic mass is 32.2. The maximum atomic E-state index is 11.7. The summed E-state index contributed by atoms with van der Waals surface area (Å²) in [5, 5.41) is 18.9. The molecule has 10 heteroatoms. The highest BCUT2D eigenvalue weighted by molar-refractivity contribution is 8.01. The van der Waals surface area contributed by atoms with Gasteiger partial charge in [-0.25, -0.2) is 4.79 Å². The van der Waals surface area contributed by atoms with Crippen LogP contribution in [0.2, 0.25) is 0 Å². The Kier molecular flexibility index (Phi) is 6.62. The summed E-state index contributed by atoms with van der Waals surface area (Å²) in [6.07, 6.45) is 0.905. The second-order valence-corrected chi connectivity index (χ2v) is 7.22. The molecule has 118 valence electrons. The summed E-state index contributed by atoms with van der Waals surface area (Å²) >= 11 is 3.96. The normalized spacial score (nSPS) is 10.2. The molecule has 0 spiro atoms. The summed E-state index contributed by atoms with van der Waals surface area (Å²) in [5.74, 6) is 0.253. The largest absolute Gasteiger partial charge is 0.355 e. The van der Waals surface area contributed by atoms with Crippen LogP contribution in [-0.2, 0) is 4.79 Å². The van der Waals surface area contributed by atoms with E-state index in [9.17, 15) is 9.59 Å². The molecule has 2 aromatic rings. The molecule has 0 saturated heterocycles. The maximum absolute atomic E-state index is 11.7. The molecule has 0 radical (unpaired) electrons. The van der Waals surface area contributed by atoms with Crippen LogP contribution in [0.5, 0.6) is 0 Å². The van der Waals surface area contributed by atoms with Gasteiger partial charge in [0, 0.05) is 6.54 Å². The first-order valence-electron chi connectivity index (χ1n) is 6.52. The Bertz CT molecular complexity index is 614. The Morgan fingerprint density at radius 2 is 2.18 bits per heavy atom. The monoisotopic (exact) mass is 357 g/mol. The molecule has 22 heavy (non-hydrogen) atoms. The minimum absolute atomic E-state index is 0.0352. The molecule has 3 N–H and O–H groups in total. The average Bonchev–Trinajstić information content (AvgIpc) is 3.14. The van der Waals surface area contributed by atoms with Gasteiger partial charge in [-0.15, -0.1) is 21.5 Å². The second kappa shape index (κ2) is 8.71. The number of aromatic nitrogens is 2. The summed E-state index contributed by atoms with van der Waals surface area (Å²) in [7, 11) is 0. The number of nitrogens with zero attached hydrogens (tertiary/aromatic N) is 2. The van der Waals surface area contributed by atoms with Crippen LogP contribution >= 0.6 is 34.4 Å². The van der Waals surface area contributed by atoms with Gasteiger partial charge in [-0.3, -0.25) is 15.4 Å². The molecule has 7 nitrogen and oxygen atoms in total. The highest BCUT2D eigenvalue weighted by Gasteiger charge is 2.10. The van der Waals surface area contributed by atoms with E-state index in [1.165, 1.54) is 34.4 Å². The smallest absolute Gasteiger partial charge is 0.326 e. The van der Waals surface area contributed by atoms with Crippen LogP contribution < -0.4 is 16.0 Å². The highest BCUT2D eigenvalue weighted by Crippen LogP contribution is 2.25. The zero-order chi connectivity index (χ0) is 15.8. The molecule has 0 atom stereocenters. The number of urea groups is 1. The second-order valence-electron chi connectivity index (χ2n) is 4.07. The predicted molar refractivity (Wildman–Crippen MR) is 90.9 cm³/mol. The van der Waals surface area contributed by atoms with E-state index in [-0.39, 0.29) is 17.7 Å². The number of carbonyl (C=O) groups excluding carboxylic acids is 2. The van der Waals surface area contributed by atoms with Crippen LogP contribution in [0.1, 0.15) is 13.3 Å². The molecule has 0 aliphatic carbocycles. The zero-order valence-corrected chi connectivity index (χ0v) is 14.2. The first-order chi connectivity index (χ1) is 10.7. The fraction of sp³-hybridized carbons (Fsp3) is 0.333. The van der Waals surface area contributed by atoms with Gasteiger partial charge in [-0.05, 0) is 23.9 Å². The molecule has 2 rings (SSSR count). The molecule has 0 saturated carbocycles. The van der Waals surface area contributed by atoms with Crippen molar-refractivity contribution in [2.45, 2.75) is 17.7 Å². The van der Waals surface area contributed by atoms with Crippen LogP contribution in [0.4, 0.5) is 14.9 Å². The fourth-order valence-electron chi connectivity index (χ4n) is 1.35. The number of hydrogen-bond acceptors (Lipinski definition) is 7. The minimum atomic E-state index is -0.365. The Morgan fingerprint density at radius 1 is 1.32 bits per heavy atom. The third-order valence-corrected chi connectivity index (χ3v) is 5.04. The first kappa shape index (κ1) is 16.7. The van der Waals surface area contributed by atoms with E-state index in [4.69, 9.17) is 0 Å². The van der Waals surface area contributed by atoms with E-state index in [0.717, 1.165) is 11.4 Å². The van der Waals surface area contributed by atoms with Gasteiger partial charge in [-0.2, -0.15) is 0 Å². The predicted octanol–water partition coefficient (Wildman–Crippen LogP) is 2.86. The molecule has 2 aromatic heterocycles. The van der Waals surface area contributed by atoms with Crippen molar-refractivity contribution in [1.82, 2.24) is 15.5 Å². The topological polar surface area (TPSA) is 96.0 Å². The molecule has 0 aliphatic rings. The van der Waals surface area contributed by atoms with Gasteiger partial charge >= 0.3 is 6.03 Å². The summed E-state index contributed by atoms with van der Waals surface area (Å²) in [6.45, 7) is 2.67. The zero-order valence-electron chi connectivity index (χ0n) is 11.8. The quantitative estimate of drug-likeness (QED) is 0.523. The van der Waals surface area contributed by atoms with Crippen molar-refractivity contribution in [2.75, 3.05) is 22.9 Å². The van der Waals surface area contributed by atoms with E-state index in [1.807, 2.05) is 18.4 Å². The summed E-state index contributed by atoms with van der Waals surface area (Å²) in [4.78, 5) is 23.2. The van der Waals surface area contributed by atoms with E-state index >= 15 is 0 Å². The van der Waals surface area contributed by atoms with Crippen LogP contribution in [0, 0.1) is 0 Å². The number of carbonyl (C=O) groups is 2. The van der Waals surface area contributed by atoms with Crippen molar-refractivity contribution >= 4 is 56.5 Å². The molecule has 0 aliphatic heterocycles. The van der Waals surface area contributed by atoms with Crippen molar-refractivity contribution in [3.8, 4) is 0 Å². The maximum Gasteiger partial charge on any atom is 0.326 e. The van der Waals surface area contributed by atoms with E-state index in [2.05, 4.69) is 26.1 Å². The summed E-state index contributed by atoms with van der Waals surface area (Å²) < 4.78 is 0.637. The van der Waals surface area contributed by atoms with Crippen molar-refractivity contribution in [3.63, 3.8) is 0 Å². The van der Waals surface area contributed by atoms with E-state index < -0.39 is 0 Å². The Labute approximate surface area is 139 Å². The number of rotatable bonds is 7. The van der Waals surface area contributed by atoms with Gasteiger partial charge < -0.3 is 5.32 Å². The molecular weight excluding hydrogens is 342 g/mol. The molecule has 2 heterocycles. The number of nitrogens with one attached hydrogen (secondary N) is 3. The van der Waals surface area contributed by atoms with Crippen LogP contribution in [0.15, 0.2) is 21.9 Å². The molecule has 0 unspecified atom stereocenters. The number of thioether (sulfide) groups is 1. The van der Waals surface area contributed by atoms with Gasteiger partial charge in [0.2, 0.25) is 11.0 Å². The summed E-state index contributed by atoms with van der Waals surface area (Å²) in [6, 6.07) is 3.29. The number of thiophene rings is 1. The number of hydrogen-bond donors (Lipinski definition) is 3. The molecule has 0 fully saturated rings. The Hall–Kier alpha value is -1.65. The minimum Gasteiger partial charge on any atom is -0.355 e. The number of amides is 3. The SMILES string of the molecule is CCCNC(=O)CSc1nnc(NC(=O)Nc2cccs2)s1. The summed E-state index contributed by atoms with van der Waals surface area (Å²) in [5.41, 5.74) is 0. The molecule has 0 aromatic carbocycles. The number of anilines is 2. The van der Waals surface area contributed by atoms with Crippen LogP contribution in [0.3, 0.4) is 0 Å². The Morgan fingerprint density at radius 3 is 2.91 bits per heavy atom. The third kappa shape index (κ3) is 5.62. The fourth-order valence-corrected chi connectivity index (χ4v) is 3.54. The molecular formula is C12H15N5O2S3. The van der Waals surface area contributed by atoms with Crippen molar-refractivity contribution in [3.05, 3.63) is 17.5 Å². The third-order valence-electron chi connectivity index (χ3n) is 2.28. The van der Waals surface area contributed by atoms with Gasteiger partial charge in [0.25, 0.3) is 0 Å². The van der Waals surface area contributed by atoms with Gasteiger partial charge in [0.05, 0.1) is 10.8 Å². The van der Waals surface area contributed by atoms with Gasteiger partial charge in [0.1, 0.15) is 0 Å². The van der Waals surface area contributed by atoms with Crippen molar-refractivity contribution in [2.24, 2.45) is 0 Å². The average molecular weight is 357 g/mol.